The molecule has 0 atom stereocenters. The molecule has 9 rings (SSSR count). The van der Waals surface area contributed by atoms with Crippen molar-refractivity contribution in [1.29, 1.82) is 0 Å². The summed E-state index contributed by atoms with van der Waals surface area (Å²) in [6.07, 6.45) is 0. The SMILES string of the molecule is c1ccc2c(c1)c1ccccc1n2-c1ccc2cc3c(cc2c1)c1cccc2c4ccccc4n3c21. The topological polar surface area (TPSA) is 9.34 Å². The van der Waals surface area contributed by atoms with E-state index in [0.717, 1.165) is 0 Å². The van der Waals surface area contributed by atoms with Gasteiger partial charge >= 0.3 is 0 Å². The Morgan fingerprint density at radius 2 is 0.944 bits per heavy atom. The molecule has 0 spiro atoms. The lowest BCUT2D eigenvalue weighted by molar-refractivity contribution is 1.19. The first kappa shape index (κ1) is 18.5. The van der Waals surface area contributed by atoms with Gasteiger partial charge in [-0.3, -0.25) is 0 Å². The first-order valence-corrected chi connectivity index (χ1v) is 12.5. The zero-order chi connectivity index (χ0) is 23.4. The van der Waals surface area contributed by atoms with Crippen LogP contribution in [0.5, 0.6) is 0 Å². The molecule has 3 heterocycles. The number of para-hydroxylation sites is 4. The van der Waals surface area contributed by atoms with Crippen molar-refractivity contribution in [3.05, 3.63) is 121 Å². The molecule has 6 aromatic carbocycles. The number of nitrogens with zero attached hydrogens (tertiary/aromatic N) is 2. The first-order valence-electron chi connectivity index (χ1n) is 12.5. The molecule has 2 heteroatoms. The lowest BCUT2D eigenvalue weighted by Gasteiger charge is -2.10. The Hall–Kier alpha value is -4.82. The van der Waals surface area contributed by atoms with Gasteiger partial charge in [0.05, 0.1) is 27.6 Å². The molecule has 0 aliphatic carbocycles. The Kier molecular flexibility index (Phi) is 3.31. The van der Waals surface area contributed by atoms with Gasteiger partial charge in [0.15, 0.2) is 0 Å². The number of fused-ring (bicyclic) bond motifs is 10. The maximum absolute atomic E-state index is 2.45. The Labute approximate surface area is 206 Å². The third kappa shape index (κ3) is 2.18. The number of hydrogen-bond donors (Lipinski definition) is 0. The molecule has 36 heavy (non-hydrogen) atoms. The van der Waals surface area contributed by atoms with E-state index in [-0.39, 0.29) is 0 Å². The molecule has 0 saturated carbocycles. The Morgan fingerprint density at radius 3 is 1.67 bits per heavy atom. The van der Waals surface area contributed by atoms with Gasteiger partial charge in [-0.2, -0.15) is 0 Å². The fourth-order valence-corrected chi connectivity index (χ4v) is 6.50. The Balaban J connectivity index is 1.39. The highest BCUT2D eigenvalue weighted by atomic mass is 15.0. The van der Waals surface area contributed by atoms with Gasteiger partial charge in [-0.15, -0.1) is 0 Å². The highest BCUT2D eigenvalue weighted by Gasteiger charge is 2.18. The lowest BCUT2D eigenvalue weighted by Crippen LogP contribution is -1.93. The maximum atomic E-state index is 2.45. The molecule has 2 nitrogen and oxygen atoms in total. The minimum Gasteiger partial charge on any atom is -0.309 e. The predicted molar refractivity (Wildman–Crippen MR) is 153 cm³/mol. The van der Waals surface area contributed by atoms with Crippen LogP contribution in [0.4, 0.5) is 0 Å². The van der Waals surface area contributed by atoms with Crippen LogP contribution in [0.1, 0.15) is 0 Å². The van der Waals surface area contributed by atoms with E-state index in [1.54, 1.807) is 0 Å². The minimum atomic E-state index is 1.20. The zero-order valence-corrected chi connectivity index (χ0v) is 19.4. The quantitative estimate of drug-likeness (QED) is 0.233. The zero-order valence-electron chi connectivity index (χ0n) is 19.4. The fraction of sp³-hybridized carbons (Fsp3) is 0. The van der Waals surface area contributed by atoms with Crippen molar-refractivity contribution in [2.75, 3.05) is 0 Å². The van der Waals surface area contributed by atoms with E-state index in [9.17, 15) is 0 Å². The van der Waals surface area contributed by atoms with Crippen LogP contribution in [0.2, 0.25) is 0 Å². The third-order valence-electron chi connectivity index (χ3n) is 8.00. The predicted octanol–water partition coefficient (Wildman–Crippen LogP) is 9.09. The monoisotopic (exact) mass is 456 g/mol. The summed E-state index contributed by atoms with van der Waals surface area (Å²) in [6, 6.07) is 44.5. The molecule has 0 unspecified atom stereocenters. The molecule has 166 valence electrons. The minimum absolute atomic E-state index is 1.20. The van der Waals surface area contributed by atoms with Crippen molar-refractivity contribution < 1.29 is 0 Å². The number of benzene rings is 6. The highest BCUT2D eigenvalue weighted by molar-refractivity contribution is 6.24. The normalized spacial score (nSPS) is 12.4. The van der Waals surface area contributed by atoms with Crippen molar-refractivity contribution in [2.24, 2.45) is 0 Å². The largest absolute Gasteiger partial charge is 0.309 e. The number of rotatable bonds is 1. The summed E-state index contributed by atoms with van der Waals surface area (Å²) in [5.74, 6) is 0. The third-order valence-corrected chi connectivity index (χ3v) is 8.00. The highest BCUT2D eigenvalue weighted by Crippen LogP contribution is 2.40. The molecule has 0 N–H and O–H groups in total. The van der Waals surface area contributed by atoms with E-state index in [2.05, 4.69) is 130 Å². The molecule has 0 bridgehead atoms. The van der Waals surface area contributed by atoms with Crippen LogP contribution in [-0.2, 0) is 0 Å². The van der Waals surface area contributed by atoms with Gasteiger partial charge in [0.25, 0.3) is 0 Å². The van der Waals surface area contributed by atoms with Crippen molar-refractivity contribution >= 4 is 70.7 Å². The average molecular weight is 457 g/mol. The fourth-order valence-electron chi connectivity index (χ4n) is 6.50. The summed E-state index contributed by atoms with van der Waals surface area (Å²) >= 11 is 0. The van der Waals surface area contributed by atoms with E-state index < -0.39 is 0 Å². The van der Waals surface area contributed by atoms with Crippen molar-refractivity contribution in [1.82, 2.24) is 8.97 Å². The molecule has 0 aliphatic rings. The molecule has 0 aliphatic heterocycles. The second kappa shape index (κ2) is 6.44. The summed E-state index contributed by atoms with van der Waals surface area (Å²) in [6.45, 7) is 0. The summed E-state index contributed by atoms with van der Waals surface area (Å²) in [5.41, 5.74) is 7.56. The van der Waals surface area contributed by atoms with Gasteiger partial charge in [0, 0.05) is 38.0 Å². The molecule has 0 fully saturated rings. The standard InChI is InChI=1S/C34H20N2/c1-4-13-30-24(8-1)25-9-2-5-14-31(25)35(30)23-17-16-21-20-33-29(19-22(21)18-23)28-12-7-11-27-26-10-3-6-15-32(26)36(33)34(27)28/h1-20H. The molecular weight excluding hydrogens is 436 g/mol. The van der Waals surface area contributed by atoms with Crippen LogP contribution in [0.3, 0.4) is 0 Å². The van der Waals surface area contributed by atoms with Gasteiger partial charge in [0.2, 0.25) is 0 Å². The smallest absolute Gasteiger partial charge is 0.0620 e. The van der Waals surface area contributed by atoms with Gasteiger partial charge in [-0.25, -0.2) is 0 Å². The second-order valence-electron chi connectivity index (χ2n) is 9.82. The van der Waals surface area contributed by atoms with Crippen LogP contribution >= 0.6 is 0 Å². The van der Waals surface area contributed by atoms with E-state index in [4.69, 9.17) is 0 Å². The maximum Gasteiger partial charge on any atom is 0.0620 e. The molecule has 9 aromatic rings. The first-order chi connectivity index (χ1) is 17.9. The second-order valence-corrected chi connectivity index (χ2v) is 9.82. The average Bonchev–Trinajstić information content (AvgIpc) is 3.56. The number of aromatic nitrogens is 2. The van der Waals surface area contributed by atoms with Crippen molar-refractivity contribution in [3.8, 4) is 5.69 Å². The van der Waals surface area contributed by atoms with Gasteiger partial charge in [0.1, 0.15) is 0 Å². The molecule has 0 amide bonds. The molecule has 3 aromatic heterocycles. The van der Waals surface area contributed by atoms with E-state index >= 15 is 0 Å². The Morgan fingerprint density at radius 1 is 0.361 bits per heavy atom. The van der Waals surface area contributed by atoms with E-state index in [1.165, 1.54) is 76.4 Å². The van der Waals surface area contributed by atoms with Crippen LogP contribution < -0.4 is 0 Å². The number of hydrogen-bond acceptors (Lipinski definition) is 0. The molecular formula is C34H20N2. The van der Waals surface area contributed by atoms with Crippen LogP contribution in [0, 0.1) is 0 Å². The van der Waals surface area contributed by atoms with Gasteiger partial charge in [-0.1, -0.05) is 78.9 Å². The van der Waals surface area contributed by atoms with Gasteiger partial charge < -0.3 is 8.97 Å². The Bertz CT molecular complexity index is 2260. The van der Waals surface area contributed by atoms with Crippen molar-refractivity contribution in [3.63, 3.8) is 0 Å². The summed E-state index contributed by atoms with van der Waals surface area (Å²) in [4.78, 5) is 0. The van der Waals surface area contributed by atoms with Crippen LogP contribution in [0.15, 0.2) is 121 Å². The van der Waals surface area contributed by atoms with Gasteiger partial charge in [-0.05, 0) is 53.2 Å². The summed E-state index contributed by atoms with van der Waals surface area (Å²) in [5, 5.41) is 10.4. The summed E-state index contributed by atoms with van der Waals surface area (Å²) in [7, 11) is 0. The molecule has 0 radical (unpaired) electrons. The van der Waals surface area contributed by atoms with Crippen LogP contribution in [0.25, 0.3) is 76.4 Å². The van der Waals surface area contributed by atoms with Crippen LogP contribution in [-0.4, -0.2) is 8.97 Å². The van der Waals surface area contributed by atoms with E-state index in [1.807, 2.05) is 0 Å². The van der Waals surface area contributed by atoms with Crippen molar-refractivity contribution in [2.45, 2.75) is 0 Å². The van der Waals surface area contributed by atoms with E-state index in [0.29, 0.717) is 0 Å². The molecule has 0 saturated heterocycles. The lowest BCUT2D eigenvalue weighted by atomic mass is 10.0. The summed E-state index contributed by atoms with van der Waals surface area (Å²) < 4.78 is 4.85.